The van der Waals surface area contributed by atoms with Crippen molar-refractivity contribution in [2.45, 2.75) is 87.2 Å². The van der Waals surface area contributed by atoms with Crippen LogP contribution in [0.5, 0.6) is 0 Å². The van der Waals surface area contributed by atoms with E-state index >= 15 is 0 Å². The van der Waals surface area contributed by atoms with Gasteiger partial charge in [-0.05, 0) is 0 Å². The lowest BCUT2D eigenvalue weighted by Crippen LogP contribution is -2.68. The van der Waals surface area contributed by atoms with Crippen LogP contribution in [-0.2, 0) is 28.6 Å². The van der Waals surface area contributed by atoms with Gasteiger partial charge >= 0.3 is 5.97 Å². The van der Waals surface area contributed by atoms with Gasteiger partial charge in [0.2, 0.25) is 11.8 Å². The van der Waals surface area contributed by atoms with Crippen LogP contribution in [0.1, 0.15) is 20.3 Å². The van der Waals surface area contributed by atoms with E-state index in [1.165, 1.54) is 0 Å². The van der Waals surface area contributed by atoms with E-state index in [-0.39, 0.29) is 0 Å². The number of aliphatic hydroxyl groups excluding tert-OH is 7. The first-order chi connectivity index (χ1) is 16.2. The van der Waals surface area contributed by atoms with E-state index in [1.807, 2.05) is 0 Å². The maximum absolute atomic E-state index is 12.1. The summed E-state index contributed by atoms with van der Waals surface area (Å²) < 4.78 is 15.9. The molecule has 2 fully saturated rings. The lowest BCUT2D eigenvalue weighted by Gasteiger charge is -2.47. The highest BCUT2D eigenvalue weighted by Crippen LogP contribution is 2.34. The summed E-state index contributed by atoms with van der Waals surface area (Å²) in [7, 11) is 0. The van der Waals surface area contributed by atoms with Gasteiger partial charge in [0.25, 0.3) is 5.79 Å². The third kappa shape index (κ3) is 6.62. The van der Waals surface area contributed by atoms with Crippen LogP contribution in [0.3, 0.4) is 0 Å². The standard InChI is InChI=1S/C19H32N2O14/c1-6(23)20-11-8(25)3-19(18(31)32,35-16(11)13(27)9(26)4-22)33-5-10-14(28)15(29)12(17(30)34-10)21-7(2)24/h8-17,22,25-30H,3-5H2,1-2H3,(H,20,23)(H,21,24)(H,31,32)/t8?,9-,10?,11?,12?,13-,14?,15?,16?,17?,19?/m0/s1. The number of amides is 2. The topological polar surface area (TPSA) is 265 Å². The minimum atomic E-state index is -2.71. The monoisotopic (exact) mass is 512 g/mol. The molecule has 2 aliphatic heterocycles. The normalized spacial score (nSPS) is 39.3. The molecular weight excluding hydrogens is 480 g/mol. The number of carbonyl (C=O) groups excluding carboxylic acids is 2. The van der Waals surface area contributed by atoms with E-state index in [1.54, 1.807) is 0 Å². The Morgan fingerprint density at radius 3 is 2.11 bits per heavy atom. The fourth-order valence-electron chi connectivity index (χ4n) is 3.97. The highest BCUT2D eigenvalue weighted by molar-refractivity contribution is 5.76. The van der Waals surface area contributed by atoms with Crippen molar-refractivity contribution in [3.8, 4) is 0 Å². The number of nitrogens with one attached hydrogen (secondary N) is 2. The summed E-state index contributed by atoms with van der Waals surface area (Å²) in [5, 5.41) is 84.9. The molecule has 9 unspecified atom stereocenters. The second-order valence-corrected chi connectivity index (χ2v) is 8.46. The van der Waals surface area contributed by atoms with Crippen LogP contribution < -0.4 is 10.6 Å². The Bertz CT molecular complexity index is 770. The Morgan fingerprint density at radius 1 is 1.03 bits per heavy atom. The maximum atomic E-state index is 12.1. The Hall–Kier alpha value is -1.99. The number of carboxylic acid groups (broad SMARTS) is 1. The largest absolute Gasteiger partial charge is 0.477 e. The van der Waals surface area contributed by atoms with Crippen molar-refractivity contribution < 1.29 is 69.4 Å². The van der Waals surface area contributed by atoms with Crippen molar-refractivity contribution in [3.05, 3.63) is 0 Å². The van der Waals surface area contributed by atoms with Crippen molar-refractivity contribution >= 4 is 17.8 Å². The zero-order chi connectivity index (χ0) is 26.7. The lowest BCUT2D eigenvalue weighted by atomic mass is 9.88. The minimum absolute atomic E-state index is 0.628. The van der Waals surface area contributed by atoms with Crippen LogP contribution in [0.25, 0.3) is 0 Å². The van der Waals surface area contributed by atoms with Crippen molar-refractivity contribution in [1.82, 2.24) is 10.6 Å². The molecule has 10 N–H and O–H groups in total. The van der Waals surface area contributed by atoms with Crippen LogP contribution in [0.15, 0.2) is 0 Å². The Kier molecular flexibility index (Phi) is 9.88. The molecule has 0 saturated carbocycles. The molecule has 2 aliphatic rings. The summed E-state index contributed by atoms with van der Waals surface area (Å²) in [6.45, 7) is 0.409. The summed E-state index contributed by atoms with van der Waals surface area (Å²) >= 11 is 0. The van der Waals surface area contributed by atoms with Crippen LogP contribution in [0.2, 0.25) is 0 Å². The molecule has 0 bridgehead atoms. The molecule has 16 heteroatoms. The summed E-state index contributed by atoms with van der Waals surface area (Å²) in [6, 6.07) is -2.80. The molecule has 2 rings (SSSR count). The molecule has 202 valence electrons. The maximum Gasteiger partial charge on any atom is 0.364 e. The molecule has 2 saturated heterocycles. The molecule has 2 heterocycles. The van der Waals surface area contributed by atoms with Crippen LogP contribution in [0, 0.1) is 0 Å². The number of hydrogen-bond donors (Lipinski definition) is 10. The van der Waals surface area contributed by atoms with Crippen molar-refractivity contribution in [2.75, 3.05) is 13.2 Å². The zero-order valence-corrected chi connectivity index (χ0v) is 18.9. The van der Waals surface area contributed by atoms with Crippen LogP contribution in [0.4, 0.5) is 0 Å². The van der Waals surface area contributed by atoms with Gasteiger partial charge in [0, 0.05) is 20.3 Å². The molecule has 16 nitrogen and oxygen atoms in total. The number of ether oxygens (including phenoxy) is 3. The minimum Gasteiger partial charge on any atom is -0.477 e. The van der Waals surface area contributed by atoms with Crippen molar-refractivity contribution in [1.29, 1.82) is 0 Å². The Labute approximate surface area is 199 Å². The van der Waals surface area contributed by atoms with Gasteiger partial charge in [-0.25, -0.2) is 4.79 Å². The van der Waals surface area contributed by atoms with Gasteiger partial charge in [-0.1, -0.05) is 0 Å². The molecule has 0 aliphatic carbocycles. The molecule has 35 heavy (non-hydrogen) atoms. The molecule has 0 aromatic rings. The van der Waals surface area contributed by atoms with Crippen molar-refractivity contribution in [2.24, 2.45) is 0 Å². The van der Waals surface area contributed by atoms with Gasteiger partial charge in [0.1, 0.15) is 42.7 Å². The van der Waals surface area contributed by atoms with E-state index in [9.17, 15) is 50.1 Å². The second-order valence-electron chi connectivity index (χ2n) is 8.46. The SMILES string of the molecule is CC(=O)NC1C(O)OC(COC2(C(=O)O)CC(O)C(NC(C)=O)C([C@@H](O)[C@@H](O)CO)O2)C(O)C1O. The average molecular weight is 512 g/mol. The predicted molar refractivity (Wildman–Crippen MR) is 109 cm³/mol. The van der Waals surface area contributed by atoms with E-state index in [4.69, 9.17) is 19.3 Å². The first-order valence-electron chi connectivity index (χ1n) is 10.7. The summed E-state index contributed by atoms with van der Waals surface area (Å²) in [4.78, 5) is 34.9. The van der Waals surface area contributed by atoms with Gasteiger partial charge in [0.05, 0.1) is 25.4 Å². The number of carbonyl (C=O) groups is 3. The van der Waals surface area contributed by atoms with Gasteiger partial charge < -0.3 is 65.7 Å². The fraction of sp³-hybridized carbons (Fsp3) is 0.842. The highest BCUT2D eigenvalue weighted by Gasteiger charge is 2.56. The highest BCUT2D eigenvalue weighted by atomic mass is 16.7. The molecule has 0 radical (unpaired) electrons. The van der Waals surface area contributed by atoms with E-state index < -0.39 is 104 Å². The Balaban J connectivity index is 2.25. The molecule has 0 aromatic heterocycles. The van der Waals surface area contributed by atoms with Crippen LogP contribution in [-0.4, -0.2) is 139 Å². The zero-order valence-electron chi connectivity index (χ0n) is 18.9. The predicted octanol–water partition coefficient (Wildman–Crippen LogP) is -5.90. The van der Waals surface area contributed by atoms with Gasteiger partial charge in [-0.2, -0.15) is 0 Å². The van der Waals surface area contributed by atoms with Crippen LogP contribution >= 0.6 is 0 Å². The van der Waals surface area contributed by atoms with Gasteiger partial charge in [-0.15, -0.1) is 0 Å². The quantitative estimate of drug-likeness (QED) is 0.138. The number of hydrogen-bond acceptors (Lipinski definition) is 13. The number of rotatable bonds is 9. The number of carboxylic acids is 1. The van der Waals surface area contributed by atoms with Crippen molar-refractivity contribution in [3.63, 3.8) is 0 Å². The molecule has 0 spiro atoms. The van der Waals surface area contributed by atoms with E-state index in [0.29, 0.717) is 0 Å². The first-order valence-corrected chi connectivity index (χ1v) is 10.7. The van der Waals surface area contributed by atoms with Gasteiger partial charge in [0.15, 0.2) is 6.29 Å². The summed E-state index contributed by atoms with van der Waals surface area (Å²) in [5.74, 6) is -5.80. The van der Waals surface area contributed by atoms with Gasteiger partial charge in [-0.3, -0.25) is 9.59 Å². The average Bonchev–Trinajstić information content (AvgIpc) is 2.78. The van der Waals surface area contributed by atoms with E-state index in [2.05, 4.69) is 10.6 Å². The fourth-order valence-corrected chi connectivity index (χ4v) is 3.97. The first kappa shape index (κ1) is 29.2. The molecule has 0 aromatic carbocycles. The molecular formula is C19H32N2O14. The Morgan fingerprint density at radius 2 is 1.60 bits per heavy atom. The third-order valence-electron chi connectivity index (χ3n) is 5.76. The lowest BCUT2D eigenvalue weighted by molar-refractivity contribution is -0.328. The number of aliphatic hydroxyl groups is 7. The van der Waals surface area contributed by atoms with E-state index in [0.717, 1.165) is 13.8 Å². The summed E-state index contributed by atoms with van der Waals surface area (Å²) in [6.07, 6.45) is -14.9. The molecule has 11 atom stereocenters. The summed E-state index contributed by atoms with van der Waals surface area (Å²) in [5.41, 5.74) is 0. The number of aliphatic carboxylic acids is 1. The second kappa shape index (κ2) is 11.8. The smallest absolute Gasteiger partial charge is 0.364 e. The molecule has 2 amide bonds. The third-order valence-corrected chi connectivity index (χ3v) is 5.76.